The van der Waals surface area contributed by atoms with Gasteiger partial charge in [-0.15, -0.1) is 0 Å². The van der Waals surface area contributed by atoms with Crippen LogP contribution in [0.15, 0.2) is 167 Å². The van der Waals surface area contributed by atoms with E-state index in [9.17, 15) is 0 Å². The molecule has 0 saturated heterocycles. The summed E-state index contributed by atoms with van der Waals surface area (Å²) in [5, 5.41) is 7.27. The highest BCUT2D eigenvalue weighted by Gasteiger charge is 2.22. The Balaban J connectivity index is 1.29. The quantitative estimate of drug-likeness (QED) is 0.180. The summed E-state index contributed by atoms with van der Waals surface area (Å²) in [6.07, 6.45) is 7.62. The third-order valence-electron chi connectivity index (χ3n) is 9.69. The minimum Gasteiger partial charge on any atom is -0.455 e. The largest absolute Gasteiger partial charge is 0.455 e. The number of aromatic nitrogens is 1. The first-order valence-electron chi connectivity index (χ1n) is 16.6. The van der Waals surface area contributed by atoms with E-state index in [1.165, 1.54) is 38.3 Å². The SMILES string of the molecule is CCC1=C(c2cc3ccccc3c3ccccc23)C=C(c2ccc(-c3ccncc3)cc2)N=C(c2cccc3c2oc2ccccc23)C1. The first-order valence-corrected chi connectivity index (χ1v) is 16.6. The van der Waals surface area contributed by atoms with Gasteiger partial charge in [-0.05, 0) is 86.6 Å². The Kier molecular flexibility index (Phi) is 6.83. The van der Waals surface area contributed by atoms with Crippen LogP contribution in [0.25, 0.3) is 65.9 Å². The molecule has 6 aromatic carbocycles. The number of para-hydroxylation sites is 2. The first-order chi connectivity index (χ1) is 23.7. The maximum atomic E-state index is 6.55. The van der Waals surface area contributed by atoms with Crippen LogP contribution in [0.1, 0.15) is 36.5 Å². The van der Waals surface area contributed by atoms with E-state index in [0.29, 0.717) is 0 Å². The van der Waals surface area contributed by atoms with Crippen molar-refractivity contribution in [3.05, 3.63) is 174 Å². The van der Waals surface area contributed by atoms with E-state index >= 15 is 0 Å². The number of pyridine rings is 1. The lowest BCUT2D eigenvalue weighted by Crippen LogP contribution is -2.04. The van der Waals surface area contributed by atoms with E-state index in [1.54, 1.807) is 0 Å². The van der Waals surface area contributed by atoms with Crippen LogP contribution in [0.5, 0.6) is 0 Å². The maximum absolute atomic E-state index is 6.55. The van der Waals surface area contributed by atoms with Crippen LogP contribution in [0.2, 0.25) is 0 Å². The number of furan rings is 1. The normalized spacial score (nSPS) is 13.7. The molecule has 9 rings (SSSR count). The monoisotopic (exact) mass is 616 g/mol. The van der Waals surface area contributed by atoms with Crippen molar-refractivity contribution in [1.82, 2.24) is 4.98 Å². The Morgan fingerprint density at radius 1 is 0.583 bits per heavy atom. The Labute approximate surface area is 279 Å². The van der Waals surface area contributed by atoms with Gasteiger partial charge in [0.15, 0.2) is 0 Å². The summed E-state index contributed by atoms with van der Waals surface area (Å²) in [5.74, 6) is 0. The number of nitrogens with zero attached hydrogens (tertiary/aromatic N) is 2. The maximum Gasteiger partial charge on any atom is 0.144 e. The molecule has 0 N–H and O–H groups in total. The zero-order valence-corrected chi connectivity index (χ0v) is 26.7. The van der Waals surface area contributed by atoms with E-state index in [4.69, 9.17) is 9.41 Å². The fourth-order valence-corrected chi connectivity index (χ4v) is 7.27. The Morgan fingerprint density at radius 2 is 1.25 bits per heavy atom. The standard InChI is InChI=1S/C45H32N2O/c1-2-29-27-43(39-16-9-15-38-37-14-7-8-17-44(37)48-45(38)39)47-42(32-20-18-30(19-21-32)31-22-24-46-25-23-31)28-40(29)41-26-33-10-3-4-11-34(33)35-12-5-6-13-36(35)41/h3-26,28H,2,27H2,1H3. The van der Waals surface area contributed by atoms with Gasteiger partial charge < -0.3 is 4.42 Å². The molecule has 0 spiro atoms. The van der Waals surface area contributed by atoms with Crippen LogP contribution < -0.4 is 0 Å². The molecule has 0 bridgehead atoms. The predicted molar refractivity (Wildman–Crippen MR) is 201 cm³/mol. The minimum absolute atomic E-state index is 0.720. The lowest BCUT2D eigenvalue weighted by atomic mass is 9.88. The van der Waals surface area contributed by atoms with E-state index in [-0.39, 0.29) is 0 Å². The molecular weight excluding hydrogens is 585 g/mol. The molecule has 0 amide bonds. The summed E-state index contributed by atoms with van der Waals surface area (Å²) >= 11 is 0. The highest BCUT2D eigenvalue weighted by atomic mass is 16.3. The number of allylic oxidation sites excluding steroid dienone is 3. The number of hydrogen-bond donors (Lipinski definition) is 0. The molecule has 3 heteroatoms. The number of aliphatic imine (C=N–C) groups is 1. The molecular formula is C45H32N2O. The van der Waals surface area contributed by atoms with Crippen LogP contribution in [0.3, 0.4) is 0 Å². The van der Waals surface area contributed by atoms with E-state index in [1.807, 2.05) is 36.7 Å². The van der Waals surface area contributed by atoms with Crippen molar-refractivity contribution in [1.29, 1.82) is 0 Å². The van der Waals surface area contributed by atoms with E-state index in [0.717, 1.165) is 68.4 Å². The van der Waals surface area contributed by atoms with Gasteiger partial charge in [0.2, 0.25) is 0 Å². The number of rotatable bonds is 5. The van der Waals surface area contributed by atoms with Crippen molar-refractivity contribution >= 4 is 60.5 Å². The van der Waals surface area contributed by atoms with Crippen molar-refractivity contribution in [2.24, 2.45) is 4.99 Å². The molecule has 1 aliphatic heterocycles. The second-order valence-electron chi connectivity index (χ2n) is 12.4. The Bertz CT molecular complexity index is 2600. The van der Waals surface area contributed by atoms with Crippen LogP contribution in [0, 0.1) is 0 Å². The van der Waals surface area contributed by atoms with Gasteiger partial charge in [-0.1, -0.05) is 116 Å². The van der Waals surface area contributed by atoms with Gasteiger partial charge in [0, 0.05) is 40.7 Å². The second kappa shape index (κ2) is 11.6. The smallest absolute Gasteiger partial charge is 0.144 e. The summed E-state index contributed by atoms with van der Waals surface area (Å²) in [5.41, 5.74) is 12.0. The predicted octanol–water partition coefficient (Wildman–Crippen LogP) is 12.1. The van der Waals surface area contributed by atoms with Crippen molar-refractivity contribution in [2.45, 2.75) is 19.8 Å². The lowest BCUT2D eigenvalue weighted by molar-refractivity contribution is 0.668. The van der Waals surface area contributed by atoms with Gasteiger partial charge in [0.1, 0.15) is 11.2 Å². The third kappa shape index (κ3) is 4.75. The molecule has 2 aromatic heterocycles. The second-order valence-corrected chi connectivity index (χ2v) is 12.4. The topological polar surface area (TPSA) is 38.4 Å². The van der Waals surface area contributed by atoms with Crippen LogP contribution in [-0.2, 0) is 0 Å². The fraction of sp³-hybridized carbons (Fsp3) is 0.0667. The number of hydrogen-bond acceptors (Lipinski definition) is 3. The molecule has 0 saturated carbocycles. The van der Waals surface area contributed by atoms with Gasteiger partial charge >= 0.3 is 0 Å². The van der Waals surface area contributed by atoms with Crippen LogP contribution >= 0.6 is 0 Å². The zero-order chi connectivity index (χ0) is 32.0. The number of benzene rings is 6. The molecule has 0 fully saturated rings. The van der Waals surface area contributed by atoms with Crippen molar-refractivity contribution in [3.63, 3.8) is 0 Å². The minimum atomic E-state index is 0.720. The third-order valence-corrected chi connectivity index (χ3v) is 9.69. The summed E-state index contributed by atoms with van der Waals surface area (Å²) in [6, 6.07) is 47.4. The van der Waals surface area contributed by atoms with Gasteiger partial charge in [0.25, 0.3) is 0 Å². The number of fused-ring (bicyclic) bond motifs is 6. The van der Waals surface area contributed by atoms with Gasteiger partial charge in [-0.3, -0.25) is 9.98 Å². The first kappa shape index (κ1) is 28.2. The van der Waals surface area contributed by atoms with Gasteiger partial charge in [-0.2, -0.15) is 0 Å². The molecule has 1 aliphatic rings. The van der Waals surface area contributed by atoms with E-state index < -0.39 is 0 Å². The molecule has 0 radical (unpaired) electrons. The highest BCUT2D eigenvalue weighted by molar-refractivity contribution is 6.19. The van der Waals surface area contributed by atoms with Gasteiger partial charge in [0.05, 0.1) is 11.4 Å². The lowest BCUT2D eigenvalue weighted by Gasteiger charge is -2.16. The van der Waals surface area contributed by atoms with E-state index in [2.05, 4.69) is 127 Å². The van der Waals surface area contributed by atoms with Crippen LogP contribution in [-0.4, -0.2) is 10.7 Å². The molecule has 3 nitrogen and oxygen atoms in total. The molecule has 0 aliphatic carbocycles. The molecule has 228 valence electrons. The molecule has 3 heterocycles. The molecule has 0 unspecified atom stereocenters. The average Bonchev–Trinajstić information content (AvgIpc) is 3.43. The van der Waals surface area contributed by atoms with Gasteiger partial charge in [-0.25, -0.2) is 0 Å². The highest BCUT2D eigenvalue weighted by Crippen LogP contribution is 2.40. The zero-order valence-electron chi connectivity index (χ0n) is 26.7. The van der Waals surface area contributed by atoms with Crippen LogP contribution in [0.4, 0.5) is 0 Å². The molecule has 8 aromatic rings. The summed E-state index contributed by atoms with van der Waals surface area (Å²) < 4.78 is 6.55. The Morgan fingerprint density at radius 3 is 2.06 bits per heavy atom. The fourth-order valence-electron chi connectivity index (χ4n) is 7.27. The average molecular weight is 617 g/mol. The van der Waals surface area contributed by atoms with Crippen molar-refractivity contribution in [2.75, 3.05) is 0 Å². The molecule has 48 heavy (non-hydrogen) atoms. The summed E-state index contributed by atoms with van der Waals surface area (Å²) in [7, 11) is 0. The summed E-state index contributed by atoms with van der Waals surface area (Å²) in [4.78, 5) is 9.72. The Hall–Kier alpha value is -6.06. The van der Waals surface area contributed by atoms with Crippen molar-refractivity contribution < 1.29 is 4.42 Å². The molecule has 0 atom stereocenters. The van der Waals surface area contributed by atoms with Crippen molar-refractivity contribution in [3.8, 4) is 11.1 Å². The summed E-state index contributed by atoms with van der Waals surface area (Å²) in [6.45, 7) is 2.26.